The van der Waals surface area contributed by atoms with Crippen molar-refractivity contribution in [3.63, 3.8) is 0 Å². The Hall–Kier alpha value is -1.55. The van der Waals surface area contributed by atoms with Crippen molar-refractivity contribution in [2.75, 3.05) is 58.3 Å². The third-order valence-corrected chi connectivity index (χ3v) is 5.25. The highest BCUT2D eigenvalue weighted by molar-refractivity contribution is 5.98. The number of nitrogens with zero attached hydrogens (tertiary/aromatic N) is 3. The van der Waals surface area contributed by atoms with Crippen LogP contribution in [0.2, 0.25) is 0 Å². The van der Waals surface area contributed by atoms with E-state index < -0.39 is 6.09 Å². The molecule has 27 heavy (non-hydrogen) atoms. The molecule has 0 unspecified atom stereocenters. The zero-order valence-corrected chi connectivity index (χ0v) is 19.0. The standard InChI is InChI=1S/C19H30N3O4.HI/c1-6-22(7-2,8-3)12-11-21-16-13-15(26-19(24)20(4)5)9-10-17(16)25-14-18(21)23;/h9-10,13H,6-8,11-12,14H2,1-5H3;1H/q+1;/p-1. The van der Waals surface area contributed by atoms with Crippen LogP contribution in [0.25, 0.3) is 0 Å². The molecular formula is C19H30IN3O4. The SMILES string of the molecule is CC[N+](CC)(CC)CCN1C(=O)COc2ccc(OC(=O)N(C)C)cc21.[I-]. The molecule has 0 saturated heterocycles. The van der Waals surface area contributed by atoms with Crippen LogP contribution in [0, 0.1) is 0 Å². The molecule has 1 aromatic carbocycles. The Morgan fingerprint density at radius 3 is 2.41 bits per heavy atom. The minimum Gasteiger partial charge on any atom is -1.00 e. The summed E-state index contributed by atoms with van der Waals surface area (Å²) >= 11 is 0. The van der Waals surface area contributed by atoms with Gasteiger partial charge in [0.25, 0.3) is 5.91 Å². The van der Waals surface area contributed by atoms with Crippen molar-refractivity contribution in [2.45, 2.75) is 20.8 Å². The smallest absolute Gasteiger partial charge is 0.414 e. The lowest BCUT2D eigenvalue weighted by atomic mass is 10.2. The highest BCUT2D eigenvalue weighted by Gasteiger charge is 2.30. The maximum absolute atomic E-state index is 12.5. The van der Waals surface area contributed by atoms with E-state index in [9.17, 15) is 9.59 Å². The van der Waals surface area contributed by atoms with Crippen molar-refractivity contribution in [1.29, 1.82) is 0 Å². The zero-order valence-electron chi connectivity index (χ0n) is 16.8. The Labute approximate surface area is 178 Å². The number of halogens is 1. The van der Waals surface area contributed by atoms with Gasteiger partial charge in [0.1, 0.15) is 11.5 Å². The first-order valence-electron chi connectivity index (χ1n) is 9.17. The lowest BCUT2D eigenvalue weighted by Crippen LogP contribution is -3.00. The van der Waals surface area contributed by atoms with Crippen LogP contribution in [0.3, 0.4) is 0 Å². The lowest BCUT2D eigenvalue weighted by Gasteiger charge is -2.38. The quantitative estimate of drug-likeness (QED) is 0.376. The molecule has 1 aromatic rings. The molecule has 8 heteroatoms. The summed E-state index contributed by atoms with van der Waals surface area (Å²) in [6.07, 6.45) is -0.460. The zero-order chi connectivity index (χ0) is 19.3. The summed E-state index contributed by atoms with van der Waals surface area (Å²) in [5.41, 5.74) is 0.659. The van der Waals surface area contributed by atoms with Crippen LogP contribution in [-0.2, 0) is 4.79 Å². The average molecular weight is 491 g/mol. The van der Waals surface area contributed by atoms with E-state index in [1.54, 1.807) is 37.2 Å². The van der Waals surface area contributed by atoms with Crippen molar-refractivity contribution in [1.82, 2.24) is 4.90 Å². The number of fused-ring (bicyclic) bond motifs is 1. The molecule has 0 aliphatic carbocycles. The Morgan fingerprint density at radius 1 is 1.22 bits per heavy atom. The molecule has 152 valence electrons. The minimum absolute atomic E-state index is 0. The predicted molar refractivity (Wildman–Crippen MR) is 101 cm³/mol. The fourth-order valence-electron chi connectivity index (χ4n) is 3.14. The van der Waals surface area contributed by atoms with E-state index in [1.165, 1.54) is 4.90 Å². The van der Waals surface area contributed by atoms with Gasteiger partial charge in [-0.05, 0) is 32.9 Å². The molecule has 0 aromatic heterocycles. The number of anilines is 1. The molecule has 0 fully saturated rings. The average Bonchev–Trinajstić information content (AvgIpc) is 2.64. The molecule has 1 aliphatic heterocycles. The summed E-state index contributed by atoms with van der Waals surface area (Å²) in [6.45, 7) is 11.1. The first kappa shape index (κ1) is 23.5. The predicted octanol–water partition coefficient (Wildman–Crippen LogP) is -0.647. The van der Waals surface area contributed by atoms with E-state index >= 15 is 0 Å². The van der Waals surface area contributed by atoms with Crippen LogP contribution in [0.1, 0.15) is 20.8 Å². The number of hydrogen-bond acceptors (Lipinski definition) is 4. The highest BCUT2D eigenvalue weighted by atomic mass is 127. The third-order valence-electron chi connectivity index (χ3n) is 5.25. The topological polar surface area (TPSA) is 59.1 Å². The fraction of sp³-hybridized carbons (Fsp3) is 0.579. The van der Waals surface area contributed by atoms with Gasteiger partial charge in [0.05, 0.1) is 38.4 Å². The first-order chi connectivity index (χ1) is 12.4. The molecule has 0 spiro atoms. The van der Waals surface area contributed by atoms with Crippen LogP contribution < -0.4 is 38.4 Å². The minimum atomic E-state index is -0.460. The van der Waals surface area contributed by atoms with E-state index in [0.717, 1.165) is 30.7 Å². The second-order valence-corrected chi connectivity index (χ2v) is 6.74. The van der Waals surface area contributed by atoms with Gasteiger partial charge in [-0.15, -0.1) is 0 Å². The van der Waals surface area contributed by atoms with E-state index in [-0.39, 0.29) is 36.5 Å². The van der Waals surface area contributed by atoms with Crippen molar-refractivity contribution in [3.8, 4) is 11.5 Å². The van der Waals surface area contributed by atoms with Crippen molar-refractivity contribution < 1.29 is 47.5 Å². The summed E-state index contributed by atoms with van der Waals surface area (Å²) in [7, 11) is 3.24. The van der Waals surface area contributed by atoms with Gasteiger partial charge in [0, 0.05) is 20.2 Å². The number of benzene rings is 1. The maximum Gasteiger partial charge on any atom is 0.414 e. The monoisotopic (exact) mass is 491 g/mol. The van der Waals surface area contributed by atoms with Gasteiger partial charge in [0.15, 0.2) is 6.61 Å². The molecular weight excluding hydrogens is 461 g/mol. The number of amides is 2. The number of likely N-dealkylation sites (N-methyl/N-ethyl adjacent to an activating group) is 1. The summed E-state index contributed by atoms with van der Waals surface area (Å²) in [5, 5.41) is 0. The Morgan fingerprint density at radius 2 is 1.85 bits per heavy atom. The molecule has 1 heterocycles. The largest absolute Gasteiger partial charge is 1.00 e. The number of quaternary nitrogens is 1. The molecule has 0 bridgehead atoms. The van der Waals surface area contributed by atoms with Gasteiger partial charge < -0.3 is 47.7 Å². The number of ether oxygens (including phenoxy) is 2. The Kier molecular flexibility index (Phi) is 8.80. The van der Waals surface area contributed by atoms with Gasteiger partial charge in [-0.1, -0.05) is 0 Å². The fourth-order valence-corrected chi connectivity index (χ4v) is 3.14. The van der Waals surface area contributed by atoms with Gasteiger partial charge in [-0.2, -0.15) is 0 Å². The first-order valence-corrected chi connectivity index (χ1v) is 9.17. The van der Waals surface area contributed by atoms with Crippen molar-refractivity contribution >= 4 is 17.7 Å². The normalized spacial score (nSPS) is 13.4. The Balaban J connectivity index is 0.00000364. The van der Waals surface area contributed by atoms with Gasteiger partial charge in [0.2, 0.25) is 0 Å². The van der Waals surface area contributed by atoms with Crippen LogP contribution in [0.5, 0.6) is 11.5 Å². The van der Waals surface area contributed by atoms with Crippen LogP contribution in [-0.4, -0.2) is 74.8 Å². The van der Waals surface area contributed by atoms with E-state index in [4.69, 9.17) is 9.47 Å². The van der Waals surface area contributed by atoms with Gasteiger partial charge in [-0.3, -0.25) is 4.79 Å². The number of hydrogen-bond donors (Lipinski definition) is 0. The molecule has 2 rings (SSSR count). The number of rotatable bonds is 7. The lowest BCUT2D eigenvalue weighted by molar-refractivity contribution is -0.921. The molecule has 7 nitrogen and oxygen atoms in total. The Bertz CT molecular complexity index is 654. The van der Waals surface area contributed by atoms with Gasteiger partial charge in [-0.25, -0.2) is 4.79 Å². The number of carbonyl (C=O) groups excluding carboxylic acids is 2. The highest BCUT2D eigenvalue weighted by Crippen LogP contribution is 2.35. The van der Waals surface area contributed by atoms with E-state index in [2.05, 4.69) is 20.8 Å². The molecule has 2 amide bonds. The summed E-state index contributed by atoms with van der Waals surface area (Å²) in [5.74, 6) is 0.958. The molecule has 0 saturated carbocycles. The maximum atomic E-state index is 12.5. The van der Waals surface area contributed by atoms with Crippen LogP contribution in [0.4, 0.5) is 10.5 Å². The van der Waals surface area contributed by atoms with Crippen molar-refractivity contribution in [2.24, 2.45) is 0 Å². The van der Waals surface area contributed by atoms with E-state index in [0.29, 0.717) is 23.7 Å². The van der Waals surface area contributed by atoms with E-state index in [1.807, 2.05) is 0 Å². The van der Waals surface area contributed by atoms with Gasteiger partial charge >= 0.3 is 6.09 Å². The summed E-state index contributed by atoms with van der Waals surface area (Å²) in [6, 6.07) is 5.12. The number of carbonyl (C=O) groups is 2. The third kappa shape index (κ3) is 5.47. The molecule has 1 aliphatic rings. The van der Waals surface area contributed by atoms with Crippen LogP contribution >= 0.6 is 0 Å². The summed E-state index contributed by atoms with van der Waals surface area (Å²) in [4.78, 5) is 27.4. The second-order valence-electron chi connectivity index (χ2n) is 6.74. The second kappa shape index (κ2) is 10.1. The van der Waals surface area contributed by atoms with Crippen molar-refractivity contribution in [3.05, 3.63) is 18.2 Å². The molecule has 0 N–H and O–H groups in total. The molecule has 0 atom stereocenters. The summed E-state index contributed by atoms with van der Waals surface area (Å²) < 4.78 is 11.8. The van der Waals surface area contributed by atoms with Crippen LogP contribution in [0.15, 0.2) is 18.2 Å². The molecule has 0 radical (unpaired) electrons.